The van der Waals surface area contributed by atoms with Crippen LogP contribution < -0.4 is 4.74 Å². The SMILES string of the molecule is COc1ccc(COCCCC[C@@H](C)CO)cc1. The Labute approximate surface area is 110 Å². The van der Waals surface area contributed by atoms with Crippen molar-refractivity contribution in [1.29, 1.82) is 0 Å². The van der Waals surface area contributed by atoms with Crippen LogP contribution in [0, 0.1) is 5.92 Å². The van der Waals surface area contributed by atoms with Gasteiger partial charge in [-0.05, 0) is 36.5 Å². The van der Waals surface area contributed by atoms with Gasteiger partial charge in [-0.1, -0.05) is 25.5 Å². The van der Waals surface area contributed by atoms with Crippen LogP contribution in [0.25, 0.3) is 0 Å². The van der Waals surface area contributed by atoms with Gasteiger partial charge in [-0.2, -0.15) is 0 Å². The Bertz CT molecular complexity index is 308. The fourth-order valence-corrected chi connectivity index (χ4v) is 1.70. The van der Waals surface area contributed by atoms with Crippen LogP contribution in [-0.2, 0) is 11.3 Å². The Kier molecular flexibility index (Phi) is 7.46. The molecule has 3 nitrogen and oxygen atoms in total. The van der Waals surface area contributed by atoms with E-state index in [0.29, 0.717) is 12.5 Å². The lowest BCUT2D eigenvalue weighted by Gasteiger charge is -2.08. The minimum atomic E-state index is 0.284. The zero-order valence-electron chi connectivity index (χ0n) is 11.4. The van der Waals surface area contributed by atoms with E-state index in [4.69, 9.17) is 14.6 Å². The van der Waals surface area contributed by atoms with Crippen molar-refractivity contribution >= 4 is 0 Å². The summed E-state index contributed by atoms with van der Waals surface area (Å²) in [6.07, 6.45) is 3.24. The summed E-state index contributed by atoms with van der Waals surface area (Å²) in [6, 6.07) is 7.93. The van der Waals surface area contributed by atoms with Crippen LogP contribution in [-0.4, -0.2) is 25.4 Å². The molecule has 1 atom stereocenters. The van der Waals surface area contributed by atoms with Crippen molar-refractivity contribution in [3.8, 4) is 5.75 Å². The monoisotopic (exact) mass is 252 g/mol. The van der Waals surface area contributed by atoms with E-state index in [1.54, 1.807) is 7.11 Å². The fourth-order valence-electron chi connectivity index (χ4n) is 1.70. The van der Waals surface area contributed by atoms with E-state index in [9.17, 15) is 0 Å². The topological polar surface area (TPSA) is 38.7 Å². The van der Waals surface area contributed by atoms with Gasteiger partial charge in [0, 0.05) is 13.2 Å². The third-order valence-electron chi connectivity index (χ3n) is 2.98. The maximum atomic E-state index is 8.89. The van der Waals surface area contributed by atoms with Gasteiger partial charge < -0.3 is 14.6 Å². The van der Waals surface area contributed by atoms with Gasteiger partial charge in [0.15, 0.2) is 0 Å². The van der Waals surface area contributed by atoms with E-state index in [1.165, 1.54) is 5.56 Å². The highest BCUT2D eigenvalue weighted by Crippen LogP contribution is 2.12. The van der Waals surface area contributed by atoms with Crippen molar-refractivity contribution in [2.24, 2.45) is 5.92 Å². The normalized spacial score (nSPS) is 12.4. The van der Waals surface area contributed by atoms with Crippen LogP contribution in [0.5, 0.6) is 5.75 Å². The molecule has 0 bridgehead atoms. The van der Waals surface area contributed by atoms with Crippen LogP contribution in [0.1, 0.15) is 31.7 Å². The lowest BCUT2D eigenvalue weighted by molar-refractivity contribution is 0.115. The van der Waals surface area contributed by atoms with Gasteiger partial charge in [0.05, 0.1) is 13.7 Å². The Morgan fingerprint density at radius 2 is 1.89 bits per heavy atom. The third-order valence-corrected chi connectivity index (χ3v) is 2.98. The first-order chi connectivity index (χ1) is 8.76. The van der Waals surface area contributed by atoms with Crippen LogP contribution in [0.3, 0.4) is 0 Å². The van der Waals surface area contributed by atoms with Crippen LogP contribution in [0.15, 0.2) is 24.3 Å². The zero-order chi connectivity index (χ0) is 13.2. The Balaban J connectivity index is 2.06. The molecule has 0 amide bonds. The second-order valence-corrected chi connectivity index (χ2v) is 4.68. The summed E-state index contributed by atoms with van der Waals surface area (Å²) in [5, 5.41) is 8.89. The molecule has 0 aliphatic rings. The molecule has 0 unspecified atom stereocenters. The lowest BCUT2D eigenvalue weighted by Crippen LogP contribution is -2.01. The zero-order valence-corrected chi connectivity index (χ0v) is 11.4. The number of hydrogen-bond donors (Lipinski definition) is 1. The average molecular weight is 252 g/mol. The molecular weight excluding hydrogens is 228 g/mol. The van der Waals surface area contributed by atoms with Gasteiger partial charge in [-0.3, -0.25) is 0 Å². The van der Waals surface area contributed by atoms with E-state index in [-0.39, 0.29) is 6.61 Å². The first-order valence-corrected chi connectivity index (χ1v) is 6.57. The molecule has 0 radical (unpaired) electrons. The molecule has 0 saturated carbocycles. The molecule has 0 aliphatic heterocycles. The molecule has 0 heterocycles. The molecule has 3 heteroatoms. The van der Waals surface area contributed by atoms with E-state index in [1.807, 2.05) is 24.3 Å². The van der Waals surface area contributed by atoms with Gasteiger partial charge >= 0.3 is 0 Å². The van der Waals surface area contributed by atoms with Crippen molar-refractivity contribution in [2.45, 2.75) is 32.8 Å². The molecule has 18 heavy (non-hydrogen) atoms. The summed E-state index contributed by atoms with van der Waals surface area (Å²) in [7, 11) is 1.67. The highest BCUT2D eigenvalue weighted by Gasteiger charge is 1.99. The number of hydrogen-bond acceptors (Lipinski definition) is 3. The largest absolute Gasteiger partial charge is 0.497 e. The van der Waals surface area contributed by atoms with Crippen LogP contribution >= 0.6 is 0 Å². The minimum absolute atomic E-state index is 0.284. The van der Waals surface area contributed by atoms with E-state index in [0.717, 1.165) is 31.6 Å². The van der Waals surface area contributed by atoms with Gasteiger partial charge in [0.2, 0.25) is 0 Å². The second kappa shape index (κ2) is 8.95. The summed E-state index contributed by atoms with van der Waals surface area (Å²) in [5.41, 5.74) is 1.17. The van der Waals surface area contributed by atoms with Crippen molar-refractivity contribution in [1.82, 2.24) is 0 Å². The number of aliphatic hydroxyl groups is 1. The van der Waals surface area contributed by atoms with Crippen LogP contribution in [0.4, 0.5) is 0 Å². The molecular formula is C15H24O3. The summed E-state index contributed by atoms with van der Waals surface area (Å²) < 4.78 is 10.7. The lowest BCUT2D eigenvalue weighted by atomic mass is 10.1. The first kappa shape index (κ1) is 15.0. The predicted molar refractivity (Wildman–Crippen MR) is 72.8 cm³/mol. The van der Waals surface area contributed by atoms with Crippen molar-refractivity contribution in [3.63, 3.8) is 0 Å². The van der Waals surface area contributed by atoms with E-state index in [2.05, 4.69) is 6.92 Å². The maximum Gasteiger partial charge on any atom is 0.118 e. The number of benzene rings is 1. The molecule has 0 spiro atoms. The smallest absolute Gasteiger partial charge is 0.118 e. The molecule has 1 aromatic carbocycles. The second-order valence-electron chi connectivity index (χ2n) is 4.68. The molecule has 0 aromatic heterocycles. The minimum Gasteiger partial charge on any atom is -0.497 e. The number of aliphatic hydroxyl groups excluding tert-OH is 1. The summed E-state index contributed by atoms with van der Waals surface area (Å²) >= 11 is 0. The number of unbranched alkanes of at least 4 members (excludes halogenated alkanes) is 1. The van der Waals surface area contributed by atoms with Crippen molar-refractivity contribution < 1.29 is 14.6 Å². The quantitative estimate of drug-likeness (QED) is 0.687. The summed E-state index contributed by atoms with van der Waals surface area (Å²) in [5.74, 6) is 1.28. The number of rotatable bonds is 9. The molecule has 1 N–H and O–H groups in total. The Morgan fingerprint density at radius 3 is 2.50 bits per heavy atom. The molecule has 102 valence electrons. The van der Waals surface area contributed by atoms with Gasteiger partial charge in [-0.25, -0.2) is 0 Å². The molecule has 1 rings (SSSR count). The fraction of sp³-hybridized carbons (Fsp3) is 0.600. The highest BCUT2D eigenvalue weighted by atomic mass is 16.5. The third kappa shape index (κ3) is 6.03. The Hall–Kier alpha value is -1.06. The van der Waals surface area contributed by atoms with Gasteiger partial charge in [0.1, 0.15) is 5.75 Å². The molecule has 0 saturated heterocycles. The van der Waals surface area contributed by atoms with Crippen LogP contribution in [0.2, 0.25) is 0 Å². The predicted octanol–water partition coefficient (Wildman–Crippen LogP) is 3.01. The maximum absolute atomic E-state index is 8.89. The molecule has 0 fully saturated rings. The Morgan fingerprint density at radius 1 is 1.17 bits per heavy atom. The van der Waals surface area contributed by atoms with E-state index >= 15 is 0 Å². The molecule has 1 aromatic rings. The van der Waals surface area contributed by atoms with Gasteiger partial charge in [-0.15, -0.1) is 0 Å². The van der Waals surface area contributed by atoms with Gasteiger partial charge in [0.25, 0.3) is 0 Å². The molecule has 0 aliphatic carbocycles. The number of methoxy groups -OCH3 is 1. The summed E-state index contributed by atoms with van der Waals surface area (Å²) in [6.45, 7) is 3.79. The number of ether oxygens (including phenoxy) is 2. The average Bonchev–Trinajstić information content (AvgIpc) is 2.43. The van der Waals surface area contributed by atoms with Crippen molar-refractivity contribution in [3.05, 3.63) is 29.8 Å². The highest BCUT2D eigenvalue weighted by molar-refractivity contribution is 5.26. The standard InChI is InChI=1S/C15H24O3/c1-13(11-16)5-3-4-10-18-12-14-6-8-15(17-2)9-7-14/h6-9,13,16H,3-5,10-12H2,1-2H3/t13-/m1/s1. The van der Waals surface area contributed by atoms with E-state index < -0.39 is 0 Å². The summed E-state index contributed by atoms with van der Waals surface area (Å²) in [4.78, 5) is 0. The first-order valence-electron chi connectivity index (χ1n) is 6.57. The van der Waals surface area contributed by atoms with Crippen molar-refractivity contribution in [2.75, 3.05) is 20.3 Å².